The zero-order chi connectivity index (χ0) is 22.1. The highest BCUT2D eigenvalue weighted by molar-refractivity contribution is 7.90. The van der Waals surface area contributed by atoms with Crippen molar-refractivity contribution in [2.75, 3.05) is 6.26 Å². The average molecular weight is 450 g/mol. The van der Waals surface area contributed by atoms with Gasteiger partial charge >= 0.3 is 6.18 Å². The number of alkyl halides is 3. The molecule has 0 bridgehead atoms. The number of hydrogen-bond donors (Lipinski definition) is 2. The number of guanidine groups is 1. The van der Waals surface area contributed by atoms with Crippen molar-refractivity contribution in [2.24, 2.45) is 16.5 Å². The molecule has 0 atom stereocenters. The molecule has 7 nitrogen and oxygen atoms in total. The van der Waals surface area contributed by atoms with E-state index in [-0.39, 0.29) is 21.9 Å². The first-order chi connectivity index (χ1) is 13.2. The van der Waals surface area contributed by atoms with Crippen LogP contribution in [0.5, 0.6) is 11.5 Å². The van der Waals surface area contributed by atoms with Gasteiger partial charge in [0.05, 0.1) is 10.6 Å². The van der Waals surface area contributed by atoms with E-state index in [4.69, 9.17) is 27.8 Å². The summed E-state index contributed by atoms with van der Waals surface area (Å²) in [7, 11) is -3.96. The number of nitrogens with two attached hydrogens (primary N) is 2. The zero-order valence-corrected chi connectivity index (χ0v) is 16.6. The summed E-state index contributed by atoms with van der Waals surface area (Å²) >= 11 is 5.90. The van der Waals surface area contributed by atoms with Crippen LogP contribution in [0, 0.1) is 6.92 Å². The van der Waals surface area contributed by atoms with Crippen LogP contribution in [0.1, 0.15) is 21.5 Å². The van der Waals surface area contributed by atoms with Crippen LogP contribution in [0.4, 0.5) is 13.2 Å². The molecule has 0 fully saturated rings. The number of hydrogen-bond acceptors (Lipinski definition) is 4. The van der Waals surface area contributed by atoms with Crippen molar-refractivity contribution in [3.63, 3.8) is 0 Å². The van der Waals surface area contributed by atoms with Gasteiger partial charge in [-0.15, -0.1) is 0 Å². The fourth-order valence-corrected chi connectivity index (χ4v) is 3.27. The highest BCUT2D eigenvalue weighted by Gasteiger charge is 2.31. The third kappa shape index (κ3) is 5.39. The minimum absolute atomic E-state index is 0.124. The van der Waals surface area contributed by atoms with Gasteiger partial charge in [0, 0.05) is 11.8 Å². The van der Waals surface area contributed by atoms with Crippen molar-refractivity contribution >= 4 is 33.3 Å². The van der Waals surface area contributed by atoms with Gasteiger partial charge in [-0.3, -0.25) is 4.79 Å². The van der Waals surface area contributed by atoms with E-state index in [1.165, 1.54) is 13.0 Å². The first kappa shape index (κ1) is 22.5. The van der Waals surface area contributed by atoms with Crippen molar-refractivity contribution in [3.8, 4) is 11.5 Å². The third-order valence-corrected chi connectivity index (χ3v) is 5.06. The Hall–Kier alpha value is -2.79. The van der Waals surface area contributed by atoms with E-state index in [1.54, 1.807) is 0 Å². The molecule has 2 aromatic rings. The molecule has 29 heavy (non-hydrogen) atoms. The summed E-state index contributed by atoms with van der Waals surface area (Å²) in [5, 5.41) is -0.171. The number of carbonyl (C=O) groups is 1. The maximum atomic E-state index is 13.0. The average Bonchev–Trinajstić information content (AvgIpc) is 2.54. The van der Waals surface area contributed by atoms with Crippen molar-refractivity contribution in [3.05, 3.63) is 52.0 Å². The predicted octanol–water partition coefficient (Wildman–Crippen LogP) is 3.28. The molecule has 4 N–H and O–H groups in total. The van der Waals surface area contributed by atoms with Gasteiger partial charge in [0.25, 0.3) is 5.91 Å². The number of amides is 1. The van der Waals surface area contributed by atoms with Crippen LogP contribution < -0.4 is 16.2 Å². The highest BCUT2D eigenvalue weighted by Crippen LogP contribution is 2.39. The molecule has 0 saturated carbocycles. The lowest BCUT2D eigenvalue weighted by Gasteiger charge is -2.15. The first-order valence-electron chi connectivity index (χ1n) is 7.73. The highest BCUT2D eigenvalue weighted by atomic mass is 35.5. The van der Waals surface area contributed by atoms with Gasteiger partial charge in [-0.2, -0.15) is 18.2 Å². The number of benzene rings is 2. The van der Waals surface area contributed by atoms with Gasteiger partial charge in [-0.25, -0.2) is 8.42 Å². The molecule has 0 aliphatic heterocycles. The second-order valence-corrected chi connectivity index (χ2v) is 8.36. The lowest BCUT2D eigenvalue weighted by Crippen LogP contribution is -2.24. The third-order valence-electron chi connectivity index (χ3n) is 3.63. The summed E-state index contributed by atoms with van der Waals surface area (Å²) < 4.78 is 68.6. The lowest BCUT2D eigenvalue weighted by atomic mass is 10.1. The van der Waals surface area contributed by atoms with Crippen LogP contribution in [0.3, 0.4) is 0 Å². The molecule has 0 radical (unpaired) electrons. The van der Waals surface area contributed by atoms with E-state index in [9.17, 15) is 26.4 Å². The maximum Gasteiger partial charge on any atom is 0.416 e. The molecule has 0 aromatic heterocycles. The molecule has 12 heteroatoms. The standard InChI is InChI=1S/C17H15ClF3N3O4S/c1-8-5-13(28-12-6-9(17(19,20)21)3-4-11(12)18)14(29(2,26)27)7-10(8)15(25)24-16(22)23/h3-7H,1-2H3,(H4,22,23,24,25). The van der Waals surface area contributed by atoms with E-state index in [0.717, 1.165) is 24.5 Å². The van der Waals surface area contributed by atoms with Crippen molar-refractivity contribution in [1.29, 1.82) is 0 Å². The summed E-state index contributed by atoms with van der Waals surface area (Å²) in [6.45, 7) is 1.45. The molecule has 0 heterocycles. The number of ether oxygens (including phenoxy) is 1. The number of carbonyl (C=O) groups excluding carboxylic acids is 1. The Labute approximate surface area is 169 Å². The Morgan fingerprint density at radius 1 is 1.14 bits per heavy atom. The normalized spacial score (nSPS) is 11.8. The summed E-state index contributed by atoms with van der Waals surface area (Å²) in [6, 6.07) is 4.53. The SMILES string of the molecule is Cc1cc(Oc2cc(C(F)(F)F)ccc2Cl)c(S(C)(=O)=O)cc1C(=O)N=C(N)N. The Morgan fingerprint density at radius 2 is 1.76 bits per heavy atom. The smallest absolute Gasteiger partial charge is 0.416 e. The first-order valence-corrected chi connectivity index (χ1v) is 10.0. The molecule has 0 unspecified atom stereocenters. The lowest BCUT2D eigenvalue weighted by molar-refractivity contribution is -0.137. The fourth-order valence-electron chi connectivity index (χ4n) is 2.32. The monoisotopic (exact) mass is 449 g/mol. The molecular weight excluding hydrogens is 435 g/mol. The van der Waals surface area contributed by atoms with Crippen LogP contribution in [0.25, 0.3) is 0 Å². The Bertz CT molecular complexity index is 1110. The maximum absolute atomic E-state index is 13.0. The Balaban J connectivity index is 2.64. The van der Waals surface area contributed by atoms with E-state index in [1.807, 2.05) is 0 Å². The van der Waals surface area contributed by atoms with Crippen molar-refractivity contribution < 1.29 is 31.1 Å². The Kier molecular flexibility index (Phi) is 6.14. The van der Waals surface area contributed by atoms with Crippen LogP contribution in [0.2, 0.25) is 5.02 Å². The molecule has 1 amide bonds. The van der Waals surface area contributed by atoms with Gasteiger partial charge in [0.1, 0.15) is 16.4 Å². The van der Waals surface area contributed by atoms with E-state index in [0.29, 0.717) is 6.07 Å². The van der Waals surface area contributed by atoms with Gasteiger partial charge < -0.3 is 16.2 Å². The van der Waals surface area contributed by atoms with Crippen LogP contribution in [0.15, 0.2) is 40.2 Å². The number of aliphatic imine (C=N–C) groups is 1. The molecular formula is C17H15ClF3N3O4S. The second-order valence-electron chi connectivity index (χ2n) is 5.97. The topological polar surface area (TPSA) is 125 Å². The number of nitrogens with zero attached hydrogens (tertiary/aromatic N) is 1. The van der Waals surface area contributed by atoms with Crippen molar-refractivity contribution in [2.45, 2.75) is 18.0 Å². The second kappa shape index (κ2) is 7.91. The van der Waals surface area contributed by atoms with E-state index >= 15 is 0 Å². The predicted molar refractivity (Wildman–Crippen MR) is 101 cm³/mol. The minimum atomic E-state index is -4.66. The summed E-state index contributed by atoms with van der Waals surface area (Å²) in [4.78, 5) is 15.0. The summed E-state index contributed by atoms with van der Waals surface area (Å²) in [5.41, 5.74) is 9.39. The van der Waals surface area contributed by atoms with Crippen LogP contribution >= 0.6 is 11.6 Å². The molecule has 0 aliphatic carbocycles. The van der Waals surface area contributed by atoms with Gasteiger partial charge in [-0.1, -0.05) is 11.6 Å². The van der Waals surface area contributed by atoms with Crippen molar-refractivity contribution in [1.82, 2.24) is 0 Å². The van der Waals surface area contributed by atoms with Crippen LogP contribution in [-0.4, -0.2) is 26.5 Å². The molecule has 2 aromatic carbocycles. The quantitative estimate of drug-likeness (QED) is 0.545. The zero-order valence-electron chi connectivity index (χ0n) is 15.0. The van der Waals surface area contributed by atoms with Gasteiger partial charge in [0.15, 0.2) is 15.8 Å². The van der Waals surface area contributed by atoms with Gasteiger partial charge in [-0.05, 0) is 42.8 Å². The molecule has 156 valence electrons. The van der Waals surface area contributed by atoms with E-state index in [2.05, 4.69) is 4.99 Å². The van der Waals surface area contributed by atoms with E-state index < -0.39 is 44.1 Å². The summed E-state index contributed by atoms with van der Waals surface area (Å²) in [6.07, 6.45) is -3.82. The fraction of sp³-hybridized carbons (Fsp3) is 0.176. The molecule has 0 saturated heterocycles. The Morgan fingerprint density at radius 3 is 2.28 bits per heavy atom. The number of sulfone groups is 1. The summed E-state index contributed by atoms with van der Waals surface area (Å²) in [5.74, 6) is -2.14. The number of halogens is 4. The van der Waals surface area contributed by atoms with Crippen LogP contribution in [-0.2, 0) is 16.0 Å². The minimum Gasteiger partial charge on any atom is -0.454 e. The van der Waals surface area contributed by atoms with Gasteiger partial charge in [0.2, 0.25) is 0 Å². The largest absolute Gasteiger partial charge is 0.454 e. The number of aryl methyl sites for hydroxylation is 1. The molecule has 2 rings (SSSR count). The number of rotatable bonds is 4. The molecule has 0 spiro atoms. The molecule has 0 aliphatic rings.